The zero-order valence-electron chi connectivity index (χ0n) is 9.61. The Kier molecular flexibility index (Phi) is 3.13. The van der Waals surface area contributed by atoms with Crippen molar-refractivity contribution in [1.82, 2.24) is 0 Å². The minimum absolute atomic E-state index is 0.0265. The molecule has 1 aromatic heterocycles. The van der Waals surface area contributed by atoms with Gasteiger partial charge in [-0.15, -0.1) is 11.3 Å². The molecule has 0 aliphatic carbocycles. The summed E-state index contributed by atoms with van der Waals surface area (Å²) in [6.07, 6.45) is 0.0265. The summed E-state index contributed by atoms with van der Waals surface area (Å²) >= 11 is 13.9. The highest BCUT2D eigenvalue weighted by molar-refractivity contribution is 7.26. The Morgan fingerprint density at radius 2 is 1.95 bits per heavy atom. The lowest BCUT2D eigenvalue weighted by molar-refractivity contribution is -0.136. The third-order valence-corrected chi connectivity index (χ3v) is 4.87. The van der Waals surface area contributed by atoms with E-state index in [0.29, 0.717) is 10.0 Å². The topological polar surface area (TPSA) is 37.3 Å². The van der Waals surface area contributed by atoms with E-state index in [0.717, 1.165) is 25.7 Å². The van der Waals surface area contributed by atoms with E-state index in [-0.39, 0.29) is 6.42 Å². The summed E-state index contributed by atoms with van der Waals surface area (Å²) in [6, 6.07) is 9.34. The smallest absolute Gasteiger partial charge is 0.307 e. The molecule has 96 valence electrons. The lowest BCUT2D eigenvalue weighted by Crippen LogP contribution is -1.99. The summed E-state index contributed by atoms with van der Waals surface area (Å²) in [5.74, 6) is -0.832. The van der Waals surface area contributed by atoms with E-state index in [1.165, 1.54) is 0 Å². The predicted octanol–water partition coefficient (Wildman–Crippen LogP) is 4.99. The summed E-state index contributed by atoms with van der Waals surface area (Å²) < 4.78 is 2.08. The van der Waals surface area contributed by atoms with Gasteiger partial charge in [-0.2, -0.15) is 0 Å². The van der Waals surface area contributed by atoms with Gasteiger partial charge >= 0.3 is 5.97 Å². The number of fused-ring (bicyclic) bond motifs is 3. The highest BCUT2D eigenvalue weighted by Gasteiger charge is 2.12. The average molecular weight is 311 g/mol. The summed E-state index contributed by atoms with van der Waals surface area (Å²) in [7, 11) is 0. The van der Waals surface area contributed by atoms with E-state index in [1.54, 1.807) is 17.4 Å². The molecule has 2 nitrogen and oxygen atoms in total. The number of carbonyl (C=O) groups is 1. The van der Waals surface area contributed by atoms with Crippen LogP contribution in [0.4, 0.5) is 0 Å². The molecule has 0 unspecified atom stereocenters. The first kappa shape index (κ1) is 12.7. The second-order valence-electron chi connectivity index (χ2n) is 4.24. The molecule has 5 heteroatoms. The highest BCUT2D eigenvalue weighted by atomic mass is 35.5. The van der Waals surface area contributed by atoms with E-state index in [2.05, 4.69) is 0 Å². The maximum Gasteiger partial charge on any atom is 0.307 e. The summed E-state index contributed by atoms with van der Waals surface area (Å²) in [4.78, 5) is 10.7. The predicted molar refractivity (Wildman–Crippen MR) is 80.7 cm³/mol. The third kappa shape index (κ3) is 2.18. The molecule has 3 aromatic rings. The molecule has 0 spiro atoms. The van der Waals surface area contributed by atoms with Crippen LogP contribution in [0.1, 0.15) is 5.56 Å². The monoisotopic (exact) mass is 310 g/mol. The van der Waals surface area contributed by atoms with Crippen LogP contribution in [-0.4, -0.2) is 11.1 Å². The van der Waals surface area contributed by atoms with Crippen molar-refractivity contribution < 1.29 is 9.90 Å². The van der Waals surface area contributed by atoms with E-state index in [1.807, 2.05) is 24.3 Å². The fraction of sp³-hybridized carbons (Fsp3) is 0.0714. The lowest BCUT2D eigenvalue weighted by atomic mass is 10.1. The Bertz CT molecular complexity index is 808. The van der Waals surface area contributed by atoms with E-state index in [4.69, 9.17) is 28.3 Å². The van der Waals surface area contributed by atoms with Crippen LogP contribution in [0.2, 0.25) is 10.0 Å². The molecule has 0 aliphatic heterocycles. The molecule has 0 amide bonds. The summed E-state index contributed by atoms with van der Waals surface area (Å²) in [5.41, 5.74) is 0.786. The van der Waals surface area contributed by atoms with Crippen molar-refractivity contribution >= 4 is 60.7 Å². The number of rotatable bonds is 2. The largest absolute Gasteiger partial charge is 0.481 e. The standard InChI is InChI=1S/C14H8Cl2O2S/c15-9-3-4-10-13(14(9)16)8-2-1-7(6-12(17)18)5-11(8)19-10/h1-5H,6H2,(H,17,18). The number of carboxylic acids is 1. The van der Waals surface area contributed by atoms with Crippen molar-refractivity contribution in [3.8, 4) is 0 Å². The van der Waals surface area contributed by atoms with Crippen LogP contribution in [0.25, 0.3) is 20.2 Å². The first-order valence-electron chi connectivity index (χ1n) is 5.57. The van der Waals surface area contributed by atoms with Gasteiger partial charge in [-0.25, -0.2) is 0 Å². The number of thiophene rings is 1. The Balaban J connectivity index is 2.29. The molecule has 0 aliphatic rings. The van der Waals surface area contributed by atoms with Gasteiger partial charge in [0.25, 0.3) is 0 Å². The zero-order valence-corrected chi connectivity index (χ0v) is 11.9. The van der Waals surface area contributed by atoms with E-state index < -0.39 is 5.97 Å². The van der Waals surface area contributed by atoms with E-state index >= 15 is 0 Å². The molecular formula is C14H8Cl2O2S. The fourth-order valence-electron chi connectivity index (χ4n) is 2.13. The quantitative estimate of drug-likeness (QED) is 0.724. The summed E-state index contributed by atoms with van der Waals surface area (Å²) in [6.45, 7) is 0. The first-order valence-corrected chi connectivity index (χ1v) is 7.14. The van der Waals surface area contributed by atoms with Crippen molar-refractivity contribution in [2.24, 2.45) is 0 Å². The molecule has 0 fully saturated rings. The van der Waals surface area contributed by atoms with Crippen molar-refractivity contribution in [3.63, 3.8) is 0 Å². The Labute approximate surface area is 123 Å². The first-order chi connectivity index (χ1) is 9.06. The molecule has 0 saturated heterocycles. The minimum atomic E-state index is -0.832. The minimum Gasteiger partial charge on any atom is -0.481 e. The maximum absolute atomic E-state index is 10.7. The Morgan fingerprint density at radius 3 is 2.68 bits per heavy atom. The van der Waals surface area contributed by atoms with Crippen LogP contribution in [0.15, 0.2) is 30.3 Å². The second kappa shape index (κ2) is 4.67. The second-order valence-corrected chi connectivity index (χ2v) is 6.11. The molecular weight excluding hydrogens is 303 g/mol. The van der Waals surface area contributed by atoms with Gasteiger partial charge in [-0.1, -0.05) is 35.3 Å². The van der Waals surface area contributed by atoms with Gasteiger partial charge in [-0.3, -0.25) is 4.79 Å². The van der Waals surface area contributed by atoms with Crippen molar-refractivity contribution in [2.75, 3.05) is 0 Å². The zero-order chi connectivity index (χ0) is 13.6. The van der Waals surface area contributed by atoms with Gasteiger partial charge in [-0.05, 0) is 23.8 Å². The number of benzene rings is 2. The van der Waals surface area contributed by atoms with Gasteiger partial charge in [0.15, 0.2) is 0 Å². The summed E-state index contributed by atoms with van der Waals surface area (Å²) in [5, 5.41) is 11.9. The Morgan fingerprint density at radius 1 is 1.16 bits per heavy atom. The van der Waals surface area contributed by atoms with Crippen LogP contribution >= 0.6 is 34.5 Å². The Hall–Kier alpha value is -1.29. The van der Waals surface area contributed by atoms with Crippen LogP contribution in [0.5, 0.6) is 0 Å². The molecule has 3 rings (SSSR count). The van der Waals surface area contributed by atoms with Crippen LogP contribution in [-0.2, 0) is 11.2 Å². The van der Waals surface area contributed by atoms with Gasteiger partial charge in [0.1, 0.15) is 0 Å². The molecule has 0 radical (unpaired) electrons. The highest BCUT2D eigenvalue weighted by Crippen LogP contribution is 2.41. The fourth-order valence-corrected chi connectivity index (χ4v) is 3.79. The molecule has 1 N–H and O–H groups in total. The average Bonchev–Trinajstić information content (AvgIpc) is 2.71. The molecule has 0 saturated carbocycles. The molecule has 0 bridgehead atoms. The van der Waals surface area contributed by atoms with Crippen LogP contribution in [0.3, 0.4) is 0 Å². The molecule has 0 atom stereocenters. The number of hydrogen-bond acceptors (Lipinski definition) is 2. The van der Waals surface area contributed by atoms with E-state index in [9.17, 15) is 4.79 Å². The maximum atomic E-state index is 10.7. The van der Waals surface area contributed by atoms with Crippen LogP contribution in [0, 0.1) is 0 Å². The van der Waals surface area contributed by atoms with Crippen molar-refractivity contribution in [2.45, 2.75) is 6.42 Å². The number of hydrogen-bond donors (Lipinski definition) is 1. The van der Waals surface area contributed by atoms with Crippen molar-refractivity contribution in [1.29, 1.82) is 0 Å². The van der Waals surface area contributed by atoms with Gasteiger partial charge < -0.3 is 5.11 Å². The molecule has 19 heavy (non-hydrogen) atoms. The third-order valence-electron chi connectivity index (χ3n) is 2.95. The van der Waals surface area contributed by atoms with Gasteiger partial charge in [0, 0.05) is 20.2 Å². The normalized spacial score (nSPS) is 11.3. The van der Waals surface area contributed by atoms with Crippen molar-refractivity contribution in [3.05, 3.63) is 45.9 Å². The number of aliphatic carboxylic acids is 1. The lowest BCUT2D eigenvalue weighted by Gasteiger charge is -1.99. The van der Waals surface area contributed by atoms with Gasteiger partial charge in [0.05, 0.1) is 16.5 Å². The number of halogens is 2. The molecule has 1 heterocycles. The van der Waals surface area contributed by atoms with Gasteiger partial charge in [0.2, 0.25) is 0 Å². The van der Waals surface area contributed by atoms with Crippen LogP contribution < -0.4 is 0 Å². The number of carboxylic acid groups (broad SMARTS) is 1. The SMILES string of the molecule is O=C(O)Cc1ccc2c(c1)sc1ccc(Cl)c(Cl)c12. The molecule has 2 aromatic carbocycles.